The molecule has 1 aliphatic rings. The van der Waals surface area contributed by atoms with Crippen molar-refractivity contribution in [3.05, 3.63) is 29.3 Å². The van der Waals surface area contributed by atoms with Gasteiger partial charge in [0, 0.05) is 11.7 Å². The van der Waals surface area contributed by atoms with E-state index in [1.165, 1.54) is 7.11 Å². The Labute approximate surface area is 108 Å². The summed E-state index contributed by atoms with van der Waals surface area (Å²) in [5, 5.41) is 6.78. The standard InChI is InChI=1S/C14H20N2O2/c1-10-3-4-13(12(9-10)14(17)18-2)16-11-5-7-15-8-6-11/h3-4,9,11,15-16H,5-8H2,1-2H3. The van der Waals surface area contributed by atoms with Crippen molar-refractivity contribution >= 4 is 11.7 Å². The maximum absolute atomic E-state index is 11.8. The molecule has 1 aliphatic heterocycles. The van der Waals surface area contributed by atoms with Crippen LogP contribution in [-0.2, 0) is 4.74 Å². The number of carbonyl (C=O) groups excluding carboxylic acids is 1. The minimum atomic E-state index is -0.282. The Morgan fingerprint density at radius 1 is 1.39 bits per heavy atom. The molecule has 0 aromatic heterocycles. The van der Waals surface area contributed by atoms with Crippen molar-refractivity contribution in [1.29, 1.82) is 0 Å². The van der Waals surface area contributed by atoms with E-state index in [-0.39, 0.29) is 5.97 Å². The molecule has 4 nitrogen and oxygen atoms in total. The van der Waals surface area contributed by atoms with Gasteiger partial charge in [-0.3, -0.25) is 0 Å². The van der Waals surface area contributed by atoms with Crippen molar-refractivity contribution in [2.24, 2.45) is 0 Å². The van der Waals surface area contributed by atoms with Crippen molar-refractivity contribution in [3.63, 3.8) is 0 Å². The number of piperidine rings is 1. The van der Waals surface area contributed by atoms with Crippen LogP contribution in [-0.4, -0.2) is 32.2 Å². The molecule has 1 heterocycles. The fourth-order valence-electron chi connectivity index (χ4n) is 2.25. The molecule has 0 saturated carbocycles. The lowest BCUT2D eigenvalue weighted by Gasteiger charge is -2.25. The Morgan fingerprint density at radius 2 is 2.11 bits per heavy atom. The second-order valence-corrected chi connectivity index (χ2v) is 4.71. The number of nitrogens with one attached hydrogen (secondary N) is 2. The predicted molar refractivity (Wildman–Crippen MR) is 72.0 cm³/mol. The molecular formula is C14H20N2O2. The van der Waals surface area contributed by atoms with Crippen molar-refractivity contribution in [2.75, 3.05) is 25.5 Å². The van der Waals surface area contributed by atoms with Crippen molar-refractivity contribution in [3.8, 4) is 0 Å². The van der Waals surface area contributed by atoms with Crippen LogP contribution in [0.5, 0.6) is 0 Å². The van der Waals surface area contributed by atoms with Gasteiger partial charge in [0.25, 0.3) is 0 Å². The van der Waals surface area contributed by atoms with E-state index in [2.05, 4.69) is 10.6 Å². The minimum absolute atomic E-state index is 0.282. The number of benzene rings is 1. The van der Waals surface area contributed by atoms with Crippen LogP contribution in [0.3, 0.4) is 0 Å². The molecule has 0 radical (unpaired) electrons. The maximum atomic E-state index is 11.8. The highest BCUT2D eigenvalue weighted by Gasteiger charge is 2.17. The Kier molecular flexibility index (Phi) is 4.20. The number of ether oxygens (including phenoxy) is 1. The smallest absolute Gasteiger partial charge is 0.339 e. The van der Waals surface area contributed by atoms with Gasteiger partial charge in [0.2, 0.25) is 0 Å². The summed E-state index contributed by atoms with van der Waals surface area (Å²) in [7, 11) is 1.42. The average Bonchev–Trinajstić information content (AvgIpc) is 2.41. The first kappa shape index (κ1) is 12.9. The lowest BCUT2D eigenvalue weighted by Crippen LogP contribution is -2.35. The fourth-order valence-corrected chi connectivity index (χ4v) is 2.25. The molecule has 2 rings (SSSR count). The van der Waals surface area contributed by atoms with Crippen LogP contribution in [0.15, 0.2) is 18.2 Å². The summed E-state index contributed by atoms with van der Waals surface area (Å²) in [6.45, 7) is 4.02. The van der Waals surface area contributed by atoms with E-state index in [9.17, 15) is 4.79 Å². The van der Waals surface area contributed by atoms with E-state index in [4.69, 9.17) is 4.74 Å². The summed E-state index contributed by atoms with van der Waals surface area (Å²) in [5.41, 5.74) is 2.56. The third-order valence-corrected chi connectivity index (χ3v) is 3.28. The Morgan fingerprint density at radius 3 is 2.78 bits per heavy atom. The highest BCUT2D eigenvalue weighted by molar-refractivity contribution is 5.95. The van der Waals surface area contributed by atoms with E-state index < -0.39 is 0 Å². The fraction of sp³-hybridized carbons (Fsp3) is 0.500. The molecule has 1 aromatic rings. The summed E-state index contributed by atoms with van der Waals surface area (Å²) >= 11 is 0. The first-order chi connectivity index (χ1) is 8.70. The molecule has 0 aliphatic carbocycles. The zero-order valence-corrected chi connectivity index (χ0v) is 11.0. The summed E-state index contributed by atoms with van der Waals surface area (Å²) in [6, 6.07) is 6.27. The molecule has 0 bridgehead atoms. The van der Waals surface area contributed by atoms with Crippen LogP contribution in [0.25, 0.3) is 0 Å². The number of aryl methyl sites for hydroxylation is 1. The normalized spacial score (nSPS) is 16.3. The van der Waals surface area contributed by atoms with Gasteiger partial charge >= 0.3 is 5.97 Å². The molecule has 0 amide bonds. The van der Waals surface area contributed by atoms with Crippen molar-refractivity contribution in [2.45, 2.75) is 25.8 Å². The predicted octanol–water partition coefficient (Wildman–Crippen LogP) is 1.95. The van der Waals surface area contributed by atoms with Crippen LogP contribution in [0.2, 0.25) is 0 Å². The van der Waals surface area contributed by atoms with Crippen LogP contribution < -0.4 is 10.6 Å². The van der Waals surface area contributed by atoms with Gasteiger partial charge in [-0.1, -0.05) is 11.6 Å². The first-order valence-electron chi connectivity index (χ1n) is 6.37. The van der Waals surface area contributed by atoms with Gasteiger partial charge in [-0.05, 0) is 45.0 Å². The highest BCUT2D eigenvalue weighted by Crippen LogP contribution is 2.21. The second-order valence-electron chi connectivity index (χ2n) is 4.71. The molecule has 0 unspecified atom stereocenters. The molecule has 1 saturated heterocycles. The monoisotopic (exact) mass is 248 g/mol. The summed E-state index contributed by atoms with van der Waals surface area (Å²) < 4.78 is 4.83. The third kappa shape index (κ3) is 3.01. The van der Waals surface area contributed by atoms with E-state index in [0.29, 0.717) is 11.6 Å². The SMILES string of the molecule is COC(=O)c1cc(C)ccc1NC1CCNCC1. The van der Waals surface area contributed by atoms with Gasteiger partial charge in [0.1, 0.15) is 0 Å². The Bertz CT molecular complexity index is 426. The van der Waals surface area contributed by atoms with E-state index >= 15 is 0 Å². The Balaban J connectivity index is 2.17. The van der Waals surface area contributed by atoms with E-state index in [1.54, 1.807) is 0 Å². The molecule has 18 heavy (non-hydrogen) atoms. The van der Waals surface area contributed by atoms with Crippen molar-refractivity contribution in [1.82, 2.24) is 5.32 Å². The summed E-state index contributed by atoms with van der Waals surface area (Å²) in [5.74, 6) is -0.282. The second kappa shape index (κ2) is 5.87. The van der Waals surface area contributed by atoms with E-state index in [0.717, 1.165) is 37.2 Å². The van der Waals surface area contributed by atoms with Crippen LogP contribution >= 0.6 is 0 Å². The quantitative estimate of drug-likeness (QED) is 0.803. The van der Waals surface area contributed by atoms with Gasteiger partial charge in [0.05, 0.1) is 12.7 Å². The van der Waals surface area contributed by atoms with Crippen molar-refractivity contribution < 1.29 is 9.53 Å². The number of hydrogen-bond donors (Lipinski definition) is 2. The maximum Gasteiger partial charge on any atom is 0.339 e. The van der Waals surface area contributed by atoms with Gasteiger partial charge in [-0.15, -0.1) is 0 Å². The van der Waals surface area contributed by atoms with Gasteiger partial charge in [-0.2, -0.15) is 0 Å². The molecule has 0 atom stereocenters. The zero-order valence-electron chi connectivity index (χ0n) is 11.0. The molecule has 4 heteroatoms. The topological polar surface area (TPSA) is 50.4 Å². The molecule has 1 fully saturated rings. The first-order valence-corrected chi connectivity index (χ1v) is 6.37. The average molecular weight is 248 g/mol. The number of anilines is 1. The number of methoxy groups -OCH3 is 1. The Hall–Kier alpha value is -1.55. The van der Waals surface area contributed by atoms with Crippen LogP contribution in [0.1, 0.15) is 28.8 Å². The number of rotatable bonds is 3. The van der Waals surface area contributed by atoms with Gasteiger partial charge < -0.3 is 15.4 Å². The number of esters is 1. The largest absolute Gasteiger partial charge is 0.465 e. The summed E-state index contributed by atoms with van der Waals surface area (Å²) in [4.78, 5) is 11.8. The third-order valence-electron chi connectivity index (χ3n) is 3.28. The van der Waals surface area contributed by atoms with E-state index in [1.807, 2.05) is 25.1 Å². The molecule has 0 spiro atoms. The summed E-state index contributed by atoms with van der Waals surface area (Å²) in [6.07, 6.45) is 2.16. The lowest BCUT2D eigenvalue weighted by molar-refractivity contribution is 0.0601. The molecule has 2 N–H and O–H groups in total. The molecule has 98 valence electrons. The number of hydrogen-bond acceptors (Lipinski definition) is 4. The van der Waals surface area contributed by atoms with Gasteiger partial charge in [-0.25, -0.2) is 4.79 Å². The van der Waals surface area contributed by atoms with Crippen LogP contribution in [0, 0.1) is 6.92 Å². The highest BCUT2D eigenvalue weighted by atomic mass is 16.5. The zero-order chi connectivity index (χ0) is 13.0. The molecule has 1 aromatic carbocycles. The van der Waals surface area contributed by atoms with Crippen LogP contribution in [0.4, 0.5) is 5.69 Å². The minimum Gasteiger partial charge on any atom is -0.465 e. The molecular weight excluding hydrogens is 228 g/mol. The lowest BCUT2D eigenvalue weighted by atomic mass is 10.0. The van der Waals surface area contributed by atoms with Gasteiger partial charge in [0.15, 0.2) is 0 Å². The number of carbonyl (C=O) groups is 1.